The smallest absolute Gasteiger partial charge is 0.291 e. The standard InChI is InChI=1S/C9H8FNO2/c1-6(12)9(13)11-8-4-2-3-7(10)5-8/h2-5H,1H3,(H,11,13). The number of anilines is 1. The first-order chi connectivity index (χ1) is 6.09. The van der Waals surface area contributed by atoms with E-state index in [1.165, 1.54) is 18.2 Å². The van der Waals surface area contributed by atoms with Gasteiger partial charge in [-0.3, -0.25) is 9.59 Å². The number of carbonyl (C=O) groups is 2. The normalized spacial score (nSPS) is 9.38. The molecule has 1 N–H and O–H groups in total. The molecular weight excluding hydrogens is 173 g/mol. The lowest BCUT2D eigenvalue weighted by Crippen LogP contribution is -2.19. The minimum absolute atomic E-state index is 0.278. The van der Waals surface area contributed by atoms with Gasteiger partial charge >= 0.3 is 0 Å². The number of Topliss-reactive ketones (excluding diaryl/α,β-unsaturated/α-hetero) is 1. The van der Waals surface area contributed by atoms with Crippen molar-refractivity contribution in [1.82, 2.24) is 0 Å². The van der Waals surface area contributed by atoms with Crippen LogP contribution in [0.1, 0.15) is 6.92 Å². The van der Waals surface area contributed by atoms with Crippen molar-refractivity contribution in [3.8, 4) is 0 Å². The minimum atomic E-state index is -0.745. The van der Waals surface area contributed by atoms with Crippen LogP contribution in [0, 0.1) is 5.82 Å². The van der Waals surface area contributed by atoms with E-state index < -0.39 is 17.5 Å². The maximum atomic E-state index is 12.6. The third-order valence-electron chi connectivity index (χ3n) is 1.40. The van der Waals surface area contributed by atoms with E-state index in [2.05, 4.69) is 5.32 Å². The van der Waals surface area contributed by atoms with Gasteiger partial charge in [0.15, 0.2) is 0 Å². The summed E-state index contributed by atoms with van der Waals surface area (Å²) in [5.41, 5.74) is 0.278. The summed E-state index contributed by atoms with van der Waals surface area (Å²) in [6, 6.07) is 5.35. The number of hydrogen-bond donors (Lipinski definition) is 1. The lowest BCUT2D eigenvalue weighted by atomic mass is 10.3. The quantitative estimate of drug-likeness (QED) is 0.700. The molecule has 13 heavy (non-hydrogen) atoms. The second-order valence-electron chi connectivity index (χ2n) is 2.52. The Hall–Kier alpha value is -1.71. The molecule has 0 saturated heterocycles. The third-order valence-corrected chi connectivity index (χ3v) is 1.40. The predicted molar refractivity (Wildman–Crippen MR) is 45.7 cm³/mol. The zero-order valence-corrected chi connectivity index (χ0v) is 7.00. The number of benzene rings is 1. The summed E-state index contributed by atoms with van der Waals surface area (Å²) in [4.78, 5) is 21.4. The van der Waals surface area contributed by atoms with Gasteiger partial charge in [-0.2, -0.15) is 0 Å². The van der Waals surface area contributed by atoms with Crippen molar-refractivity contribution in [2.45, 2.75) is 6.92 Å². The van der Waals surface area contributed by atoms with E-state index in [9.17, 15) is 14.0 Å². The van der Waals surface area contributed by atoms with Crippen LogP contribution in [0.25, 0.3) is 0 Å². The Kier molecular flexibility index (Phi) is 2.74. The maximum absolute atomic E-state index is 12.6. The topological polar surface area (TPSA) is 46.2 Å². The summed E-state index contributed by atoms with van der Waals surface area (Å²) in [6.07, 6.45) is 0. The molecule has 1 aromatic carbocycles. The fourth-order valence-corrected chi connectivity index (χ4v) is 0.785. The molecule has 0 unspecified atom stereocenters. The lowest BCUT2D eigenvalue weighted by Gasteiger charge is -2.01. The van der Waals surface area contributed by atoms with Gasteiger partial charge in [0.25, 0.3) is 5.91 Å². The van der Waals surface area contributed by atoms with E-state index >= 15 is 0 Å². The number of nitrogens with one attached hydrogen (secondary N) is 1. The Labute approximate surface area is 74.6 Å². The summed E-state index contributed by atoms with van der Waals surface area (Å²) in [5, 5.41) is 2.25. The molecule has 0 heterocycles. The number of amides is 1. The molecule has 4 heteroatoms. The highest BCUT2D eigenvalue weighted by atomic mass is 19.1. The molecule has 0 aromatic heterocycles. The maximum Gasteiger partial charge on any atom is 0.291 e. The third kappa shape index (κ3) is 2.66. The van der Waals surface area contributed by atoms with Gasteiger partial charge in [0.05, 0.1) is 0 Å². The first-order valence-corrected chi connectivity index (χ1v) is 3.67. The van der Waals surface area contributed by atoms with E-state index in [4.69, 9.17) is 0 Å². The van der Waals surface area contributed by atoms with Crippen LogP contribution in [0.5, 0.6) is 0 Å². The number of carbonyl (C=O) groups excluding carboxylic acids is 2. The second-order valence-corrected chi connectivity index (χ2v) is 2.52. The van der Waals surface area contributed by atoms with Gasteiger partial charge in [0, 0.05) is 12.6 Å². The Balaban J connectivity index is 2.75. The molecule has 1 rings (SSSR count). The van der Waals surface area contributed by atoms with Crippen molar-refractivity contribution in [3.05, 3.63) is 30.1 Å². The molecule has 0 aliphatic carbocycles. The summed E-state index contributed by atoms with van der Waals surface area (Å²) >= 11 is 0. The first kappa shape index (κ1) is 9.38. The fourth-order valence-electron chi connectivity index (χ4n) is 0.785. The number of hydrogen-bond acceptors (Lipinski definition) is 2. The van der Waals surface area contributed by atoms with E-state index in [0.29, 0.717) is 0 Å². The van der Waals surface area contributed by atoms with Crippen LogP contribution < -0.4 is 5.32 Å². The molecule has 0 fully saturated rings. The highest BCUT2D eigenvalue weighted by molar-refractivity contribution is 6.39. The van der Waals surface area contributed by atoms with Gasteiger partial charge in [0.2, 0.25) is 5.78 Å². The average Bonchev–Trinajstić information content (AvgIpc) is 2.04. The Morgan fingerprint density at radius 1 is 1.38 bits per heavy atom. The molecule has 1 aromatic rings. The molecule has 0 radical (unpaired) electrons. The van der Waals surface area contributed by atoms with Crippen LogP contribution in [0.4, 0.5) is 10.1 Å². The zero-order valence-electron chi connectivity index (χ0n) is 7.00. The molecule has 1 amide bonds. The van der Waals surface area contributed by atoms with Crippen LogP contribution >= 0.6 is 0 Å². The van der Waals surface area contributed by atoms with Crippen LogP contribution in [0.3, 0.4) is 0 Å². The summed E-state index contributed by atoms with van der Waals surface area (Å²) in [5.74, 6) is -1.81. The van der Waals surface area contributed by atoms with Crippen molar-refractivity contribution in [3.63, 3.8) is 0 Å². The van der Waals surface area contributed by atoms with Crippen molar-refractivity contribution < 1.29 is 14.0 Å². The molecular formula is C9H8FNO2. The van der Waals surface area contributed by atoms with E-state index in [-0.39, 0.29) is 5.69 Å². The number of ketones is 1. The first-order valence-electron chi connectivity index (χ1n) is 3.67. The summed E-state index contributed by atoms with van der Waals surface area (Å²) in [6.45, 7) is 1.15. The molecule has 0 bridgehead atoms. The molecule has 0 aliphatic heterocycles. The fraction of sp³-hybridized carbons (Fsp3) is 0.111. The predicted octanol–water partition coefficient (Wildman–Crippen LogP) is 1.35. The number of halogens is 1. The Bertz CT molecular complexity index is 349. The highest BCUT2D eigenvalue weighted by Crippen LogP contribution is 2.08. The minimum Gasteiger partial charge on any atom is -0.319 e. The SMILES string of the molecule is CC(=O)C(=O)Nc1cccc(F)c1. The Morgan fingerprint density at radius 2 is 2.08 bits per heavy atom. The molecule has 3 nitrogen and oxygen atoms in total. The van der Waals surface area contributed by atoms with Gasteiger partial charge in [0.1, 0.15) is 5.82 Å². The average molecular weight is 181 g/mol. The summed E-state index contributed by atoms with van der Waals surface area (Å²) < 4.78 is 12.6. The van der Waals surface area contributed by atoms with E-state index in [0.717, 1.165) is 13.0 Å². The monoisotopic (exact) mass is 181 g/mol. The highest BCUT2D eigenvalue weighted by Gasteiger charge is 2.07. The van der Waals surface area contributed by atoms with Crippen molar-refractivity contribution >= 4 is 17.4 Å². The van der Waals surface area contributed by atoms with Crippen LogP contribution in [-0.4, -0.2) is 11.7 Å². The van der Waals surface area contributed by atoms with Crippen LogP contribution in [0.2, 0.25) is 0 Å². The summed E-state index contributed by atoms with van der Waals surface area (Å²) in [7, 11) is 0. The van der Waals surface area contributed by atoms with Gasteiger partial charge in [-0.05, 0) is 18.2 Å². The van der Waals surface area contributed by atoms with Crippen molar-refractivity contribution in [2.24, 2.45) is 0 Å². The zero-order chi connectivity index (χ0) is 9.84. The van der Waals surface area contributed by atoms with E-state index in [1.54, 1.807) is 0 Å². The molecule has 0 saturated carbocycles. The largest absolute Gasteiger partial charge is 0.319 e. The van der Waals surface area contributed by atoms with Gasteiger partial charge < -0.3 is 5.32 Å². The van der Waals surface area contributed by atoms with Crippen molar-refractivity contribution in [2.75, 3.05) is 5.32 Å². The molecule has 0 aliphatic rings. The van der Waals surface area contributed by atoms with Gasteiger partial charge in [-0.1, -0.05) is 6.07 Å². The van der Waals surface area contributed by atoms with Crippen LogP contribution in [0.15, 0.2) is 24.3 Å². The van der Waals surface area contributed by atoms with Gasteiger partial charge in [-0.25, -0.2) is 4.39 Å². The van der Waals surface area contributed by atoms with E-state index in [1.807, 2.05) is 0 Å². The molecule has 0 spiro atoms. The molecule has 0 atom stereocenters. The van der Waals surface area contributed by atoms with Crippen molar-refractivity contribution in [1.29, 1.82) is 0 Å². The Morgan fingerprint density at radius 3 is 2.62 bits per heavy atom. The lowest BCUT2D eigenvalue weighted by molar-refractivity contribution is -0.133. The van der Waals surface area contributed by atoms with Gasteiger partial charge in [-0.15, -0.1) is 0 Å². The second kappa shape index (κ2) is 3.80. The number of rotatable bonds is 2. The molecule has 68 valence electrons. The van der Waals surface area contributed by atoms with Crippen LogP contribution in [-0.2, 0) is 9.59 Å².